The number of aromatic nitrogens is 4. The first-order chi connectivity index (χ1) is 27.3. The van der Waals surface area contributed by atoms with Gasteiger partial charge >= 0.3 is 0 Å². The van der Waals surface area contributed by atoms with Gasteiger partial charge in [-0.3, -0.25) is 9.55 Å². The summed E-state index contributed by atoms with van der Waals surface area (Å²) in [7, 11) is 0. The van der Waals surface area contributed by atoms with Crippen molar-refractivity contribution in [1.82, 2.24) is 19.1 Å². The quantitative estimate of drug-likeness (QED) is 0.182. The molecule has 0 atom stereocenters. The topological polar surface area (TPSA) is 35.6 Å². The molecule has 0 unspecified atom stereocenters. The molecule has 0 saturated heterocycles. The molecule has 6 aromatic carbocycles. The van der Waals surface area contributed by atoms with Crippen LogP contribution in [0.1, 0.15) is 49.9 Å². The molecule has 4 heterocycles. The van der Waals surface area contributed by atoms with E-state index in [4.69, 9.17) is 9.97 Å². The monoisotopic (exact) mass is 718 g/mol. The molecule has 0 aliphatic heterocycles. The maximum absolute atomic E-state index is 5.13. The van der Waals surface area contributed by atoms with Crippen LogP contribution >= 0.6 is 0 Å². The Morgan fingerprint density at radius 1 is 0.411 bits per heavy atom. The number of rotatable bonds is 3. The Labute approximate surface area is 325 Å². The molecule has 0 saturated carbocycles. The Morgan fingerprint density at radius 2 is 0.946 bits per heavy atom. The molecule has 56 heavy (non-hydrogen) atoms. The zero-order valence-electron chi connectivity index (χ0n) is 31.8. The summed E-state index contributed by atoms with van der Waals surface area (Å²) < 4.78 is 4.70. The van der Waals surface area contributed by atoms with Gasteiger partial charge < -0.3 is 4.57 Å². The molecular formula is C52H38N4. The molecule has 10 aromatic rings. The van der Waals surface area contributed by atoms with Gasteiger partial charge in [-0.1, -0.05) is 113 Å². The van der Waals surface area contributed by atoms with Crippen molar-refractivity contribution in [2.45, 2.75) is 38.5 Å². The van der Waals surface area contributed by atoms with Crippen molar-refractivity contribution >= 4 is 43.6 Å². The zero-order chi connectivity index (χ0) is 37.5. The summed E-state index contributed by atoms with van der Waals surface area (Å²) in [4.78, 5) is 10.1. The number of fused-ring (bicyclic) bond motifs is 12. The molecule has 0 fully saturated rings. The first kappa shape index (κ1) is 31.6. The minimum Gasteiger partial charge on any atom is -0.308 e. The van der Waals surface area contributed by atoms with Crippen LogP contribution in [0, 0.1) is 0 Å². The van der Waals surface area contributed by atoms with E-state index >= 15 is 0 Å². The van der Waals surface area contributed by atoms with E-state index in [1.165, 1.54) is 77.1 Å². The van der Waals surface area contributed by atoms with E-state index in [1.807, 2.05) is 12.4 Å². The van der Waals surface area contributed by atoms with Gasteiger partial charge in [-0.2, -0.15) is 0 Å². The maximum atomic E-state index is 5.13. The van der Waals surface area contributed by atoms with E-state index < -0.39 is 0 Å². The lowest BCUT2D eigenvalue weighted by Gasteiger charge is -2.21. The van der Waals surface area contributed by atoms with Crippen LogP contribution in [0.15, 0.2) is 158 Å². The summed E-state index contributed by atoms with van der Waals surface area (Å²) in [6.45, 7) is 9.39. The number of hydrogen-bond acceptors (Lipinski definition) is 2. The first-order valence-corrected chi connectivity index (χ1v) is 19.6. The number of hydrogen-bond donors (Lipinski definition) is 0. The van der Waals surface area contributed by atoms with E-state index in [0.717, 1.165) is 33.8 Å². The molecule has 0 amide bonds. The smallest absolute Gasteiger partial charge is 0.138 e. The summed E-state index contributed by atoms with van der Waals surface area (Å²) in [5, 5.41) is 5.00. The van der Waals surface area contributed by atoms with Crippen molar-refractivity contribution in [1.29, 1.82) is 0 Å². The standard InChI is InChI=1S/C52H38N4/c1-51(2)41-17-9-5-13-33(41)37-28-48-39(26-43(37)51)35-15-7-11-19-46(35)55(48)32-21-22-45(54-30-32)31-23-24-53-50(25-31)56-47-20-12-8-16-36(47)40-27-44-38(29-49(40)56)34-14-6-10-18-42(34)52(44,3)4/h5-30H,1-4H3. The Morgan fingerprint density at radius 3 is 1.54 bits per heavy atom. The highest BCUT2D eigenvalue weighted by Crippen LogP contribution is 2.52. The normalized spacial score (nSPS) is 14.7. The van der Waals surface area contributed by atoms with Gasteiger partial charge in [0.25, 0.3) is 0 Å². The Hall–Kier alpha value is -6.78. The van der Waals surface area contributed by atoms with E-state index in [-0.39, 0.29) is 10.8 Å². The van der Waals surface area contributed by atoms with Crippen molar-refractivity contribution < 1.29 is 0 Å². The SMILES string of the molecule is CC1(C)c2ccccc2-c2cc3c(cc21)c1ccccc1n3-c1ccc(-c2ccnc(-n3c4ccccc4c4cc5c(cc43)-c3ccccc3C5(C)C)c2)nc1. The van der Waals surface area contributed by atoms with Crippen LogP contribution in [-0.4, -0.2) is 19.1 Å². The fourth-order valence-corrected chi connectivity index (χ4v) is 10.2. The minimum atomic E-state index is -0.0685. The third-order valence-electron chi connectivity index (χ3n) is 13.0. The lowest BCUT2D eigenvalue weighted by molar-refractivity contribution is 0.661. The molecule has 0 radical (unpaired) electrons. The van der Waals surface area contributed by atoms with Gasteiger partial charge in [0.1, 0.15) is 5.82 Å². The highest BCUT2D eigenvalue weighted by molar-refractivity contribution is 6.12. The molecule has 266 valence electrons. The van der Waals surface area contributed by atoms with E-state index in [1.54, 1.807) is 0 Å². The van der Waals surface area contributed by atoms with Gasteiger partial charge in [-0.25, -0.2) is 4.98 Å². The Balaban J connectivity index is 0.992. The van der Waals surface area contributed by atoms with Gasteiger partial charge in [0.2, 0.25) is 0 Å². The summed E-state index contributed by atoms with van der Waals surface area (Å²) >= 11 is 0. The number of para-hydroxylation sites is 2. The van der Waals surface area contributed by atoms with E-state index in [2.05, 4.69) is 182 Å². The van der Waals surface area contributed by atoms with Crippen LogP contribution in [-0.2, 0) is 10.8 Å². The molecular weight excluding hydrogens is 681 g/mol. The van der Waals surface area contributed by atoms with Crippen molar-refractivity contribution in [2.75, 3.05) is 0 Å². The predicted molar refractivity (Wildman–Crippen MR) is 231 cm³/mol. The first-order valence-electron chi connectivity index (χ1n) is 19.6. The van der Waals surface area contributed by atoms with Gasteiger partial charge in [0.05, 0.1) is 39.6 Å². The molecule has 0 bridgehead atoms. The predicted octanol–water partition coefficient (Wildman–Crippen LogP) is 13.0. The maximum Gasteiger partial charge on any atom is 0.138 e. The minimum absolute atomic E-state index is 0.0580. The summed E-state index contributed by atoms with van der Waals surface area (Å²) in [5.74, 6) is 0.879. The van der Waals surface area contributed by atoms with Crippen LogP contribution in [0.3, 0.4) is 0 Å². The number of nitrogens with zero attached hydrogens (tertiary/aromatic N) is 4. The van der Waals surface area contributed by atoms with Crippen LogP contribution in [0.25, 0.3) is 88.6 Å². The second kappa shape index (κ2) is 10.9. The molecule has 2 aliphatic rings. The molecule has 4 heteroatoms. The molecule has 0 N–H and O–H groups in total. The third-order valence-corrected chi connectivity index (χ3v) is 13.0. The Bertz CT molecular complexity index is 3300. The lowest BCUT2D eigenvalue weighted by atomic mass is 9.82. The number of pyridine rings is 2. The van der Waals surface area contributed by atoms with Crippen molar-refractivity contribution in [3.8, 4) is 45.0 Å². The molecule has 0 spiro atoms. The fraction of sp³-hybridized carbons (Fsp3) is 0.115. The number of benzene rings is 6. The second-order valence-electron chi connectivity index (χ2n) is 16.7. The summed E-state index contributed by atoms with van der Waals surface area (Å²) in [5.41, 5.74) is 18.3. The lowest BCUT2D eigenvalue weighted by Crippen LogP contribution is -2.14. The van der Waals surface area contributed by atoms with Gasteiger partial charge in [-0.05, 0) is 105 Å². The average Bonchev–Trinajstić information content (AvgIpc) is 3.88. The molecule has 12 rings (SSSR count). The van der Waals surface area contributed by atoms with Crippen molar-refractivity contribution in [3.05, 3.63) is 180 Å². The van der Waals surface area contributed by atoms with Gasteiger partial charge in [-0.15, -0.1) is 0 Å². The largest absolute Gasteiger partial charge is 0.308 e. The average molecular weight is 719 g/mol. The van der Waals surface area contributed by atoms with Crippen LogP contribution in [0.4, 0.5) is 0 Å². The fourth-order valence-electron chi connectivity index (χ4n) is 10.2. The van der Waals surface area contributed by atoms with Gasteiger partial charge in [0, 0.05) is 44.1 Å². The van der Waals surface area contributed by atoms with E-state index in [9.17, 15) is 0 Å². The highest BCUT2D eigenvalue weighted by Gasteiger charge is 2.37. The molecule has 2 aliphatic carbocycles. The highest BCUT2D eigenvalue weighted by atomic mass is 15.1. The second-order valence-corrected chi connectivity index (χ2v) is 16.7. The van der Waals surface area contributed by atoms with Crippen LogP contribution in [0.5, 0.6) is 0 Å². The zero-order valence-corrected chi connectivity index (χ0v) is 31.8. The summed E-state index contributed by atoms with van der Waals surface area (Å²) in [6.07, 6.45) is 3.94. The third kappa shape index (κ3) is 4.08. The van der Waals surface area contributed by atoms with E-state index in [0.29, 0.717) is 0 Å². The van der Waals surface area contributed by atoms with Gasteiger partial charge in [0.15, 0.2) is 0 Å². The van der Waals surface area contributed by atoms with Crippen molar-refractivity contribution in [2.24, 2.45) is 0 Å². The Kier molecular flexibility index (Phi) is 6.15. The molecule has 4 nitrogen and oxygen atoms in total. The van der Waals surface area contributed by atoms with Crippen LogP contribution < -0.4 is 0 Å². The van der Waals surface area contributed by atoms with Crippen LogP contribution in [0.2, 0.25) is 0 Å². The molecule has 4 aromatic heterocycles. The van der Waals surface area contributed by atoms with Crippen molar-refractivity contribution in [3.63, 3.8) is 0 Å². The summed E-state index contributed by atoms with van der Waals surface area (Å²) in [6, 6.07) is 53.5.